The average Bonchev–Trinajstić information content (AvgIpc) is 2.52. The monoisotopic (exact) mass is 197 g/mol. The summed E-state index contributed by atoms with van der Waals surface area (Å²) in [7, 11) is 0. The molecule has 5 nitrogen and oxygen atoms in total. The van der Waals surface area contributed by atoms with E-state index in [0.29, 0.717) is 5.69 Å². The Labute approximate surface area is 82.8 Å². The van der Waals surface area contributed by atoms with Crippen LogP contribution in [0.25, 0.3) is 0 Å². The first-order valence-electron chi connectivity index (χ1n) is 4.42. The molecule has 0 saturated heterocycles. The van der Waals surface area contributed by atoms with E-state index in [9.17, 15) is 4.79 Å². The van der Waals surface area contributed by atoms with E-state index in [0.717, 1.165) is 0 Å². The largest absolute Gasteiger partial charge is 0.363 e. The highest BCUT2D eigenvalue weighted by Gasteiger charge is 2.11. The van der Waals surface area contributed by atoms with E-state index in [1.54, 1.807) is 0 Å². The van der Waals surface area contributed by atoms with E-state index in [1.165, 1.54) is 12.5 Å². The van der Waals surface area contributed by atoms with Crippen LogP contribution in [0.5, 0.6) is 0 Å². The van der Waals surface area contributed by atoms with Crippen LogP contribution in [0.1, 0.15) is 20.8 Å². The predicted octanol–water partition coefficient (Wildman–Crippen LogP) is 1.00. The van der Waals surface area contributed by atoms with Crippen molar-refractivity contribution in [1.82, 2.24) is 10.5 Å². The molecule has 0 spiro atoms. The summed E-state index contributed by atoms with van der Waals surface area (Å²) in [4.78, 5) is 11.3. The molecule has 0 saturated carbocycles. The first-order valence-corrected chi connectivity index (χ1v) is 4.42. The van der Waals surface area contributed by atoms with E-state index in [1.807, 2.05) is 20.8 Å². The Bertz CT molecular complexity index is 288. The van der Waals surface area contributed by atoms with E-state index in [2.05, 4.69) is 20.3 Å². The lowest BCUT2D eigenvalue weighted by atomic mass is 10.1. The summed E-state index contributed by atoms with van der Waals surface area (Å²) in [6.45, 7) is 6.27. The first kappa shape index (κ1) is 10.7. The number of aromatic nitrogens is 1. The van der Waals surface area contributed by atoms with Gasteiger partial charge in [0.25, 0.3) is 0 Å². The summed E-state index contributed by atoms with van der Waals surface area (Å²) in [5.41, 5.74) is 0.511. The molecule has 0 aliphatic carbocycles. The number of carbonyl (C=O) groups excluding carboxylic acids is 1. The summed E-state index contributed by atoms with van der Waals surface area (Å²) in [6.07, 6.45) is 2.84. The molecule has 5 heteroatoms. The molecule has 0 radical (unpaired) electrons. The standard InChI is InChI=1S/C9H15N3O2/c1-9(2,3)10-5-8(13)12-7-4-11-14-6-7/h4,6,10H,5H2,1-3H3,(H,12,13). The van der Waals surface area contributed by atoms with Gasteiger partial charge in [-0.2, -0.15) is 0 Å². The lowest BCUT2D eigenvalue weighted by Gasteiger charge is -2.19. The van der Waals surface area contributed by atoms with Crippen LogP contribution >= 0.6 is 0 Å². The Kier molecular flexibility index (Phi) is 3.24. The van der Waals surface area contributed by atoms with Crippen LogP contribution in [0.4, 0.5) is 5.69 Å². The average molecular weight is 197 g/mol. The van der Waals surface area contributed by atoms with E-state index < -0.39 is 0 Å². The van der Waals surface area contributed by atoms with Gasteiger partial charge in [-0.15, -0.1) is 0 Å². The summed E-state index contributed by atoms with van der Waals surface area (Å²) in [5.74, 6) is -0.108. The normalized spacial score (nSPS) is 11.4. The second-order valence-corrected chi connectivity index (χ2v) is 4.06. The third-order valence-corrected chi connectivity index (χ3v) is 1.50. The van der Waals surface area contributed by atoms with Crippen molar-refractivity contribution in [3.8, 4) is 0 Å². The molecule has 0 bridgehead atoms. The third-order valence-electron chi connectivity index (χ3n) is 1.50. The number of hydrogen-bond donors (Lipinski definition) is 2. The molecule has 1 aromatic heterocycles. The molecule has 0 aliphatic heterocycles. The fourth-order valence-corrected chi connectivity index (χ4v) is 0.817. The Morgan fingerprint density at radius 1 is 1.57 bits per heavy atom. The molecule has 14 heavy (non-hydrogen) atoms. The molecule has 0 aliphatic rings. The summed E-state index contributed by atoms with van der Waals surface area (Å²) < 4.78 is 4.58. The maximum atomic E-state index is 11.3. The van der Waals surface area contributed by atoms with Crippen molar-refractivity contribution in [1.29, 1.82) is 0 Å². The number of anilines is 1. The maximum Gasteiger partial charge on any atom is 0.238 e. The Hall–Kier alpha value is -1.36. The van der Waals surface area contributed by atoms with Crippen molar-refractivity contribution in [3.63, 3.8) is 0 Å². The zero-order chi connectivity index (χ0) is 10.6. The predicted molar refractivity (Wildman–Crippen MR) is 52.9 cm³/mol. The minimum Gasteiger partial charge on any atom is -0.363 e. The van der Waals surface area contributed by atoms with Gasteiger partial charge in [-0.3, -0.25) is 4.79 Å². The molecule has 1 heterocycles. The molecule has 1 rings (SSSR count). The van der Waals surface area contributed by atoms with Gasteiger partial charge in [-0.05, 0) is 20.8 Å². The van der Waals surface area contributed by atoms with Gasteiger partial charge in [0.15, 0.2) is 0 Å². The molecule has 0 aromatic carbocycles. The zero-order valence-corrected chi connectivity index (χ0v) is 8.63. The molecular weight excluding hydrogens is 182 g/mol. The highest BCUT2D eigenvalue weighted by Crippen LogP contribution is 2.03. The van der Waals surface area contributed by atoms with Crippen LogP contribution < -0.4 is 10.6 Å². The minimum atomic E-state index is -0.108. The van der Waals surface area contributed by atoms with Gasteiger partial charge in [0.1, 0.15) is 12.0 Å². The lowest BCUT2D eigenvalue weighted by molar-refractivity contribution is -0.115. The SMILES string of the molecule is CC(C)(C)NCC(=O)Nc1cnoc1. The zero-order valence-electron chi connectivity index (χ0n) is 8.63. The van der Waals surface area contributed by atoms with Gasteiger partial charge in [0.2, 0.25) is 5.91 Å². The van der Waals surface area contributed by atoms with Crippen LogP contribution in [0.2, 0.25) is 0 Å². The molecule has 0 fully saturated rings. The highest BCUT2D eigenvalue weighted by atomic mass is 16.5. The molecule has 78 valence electrons. The van der Waals surface area contributed by atoms with Crippen molar-refractivity contribution in [2.75, 3.05) is 11.9 Å². The van der Waals surface area contributed by atoms with Gasteiger partial charge < -0.3 is 15.2 Å². The van der Waals surface area contributed by atoms with Crippen molar-refractivity contribution in [2.45, 2.75) is 26.3 Å². The van der Waals surface area contributed by atoms with Crippen LogP contribution in [0, 0.1) is 0 Å². The summed E-state index contributed by atoms with van der Waals surface area (Å²) in [5, 5.41) is 9.18. The fourth-order valence-electron chi connectivity index (χ4n) is 0.817. The Balaban J connectivity index is 2.30. The van der Waals surface area contributed by atoms with Crippen molar-refractivity contribution in [3.05, 3.63) is 12.5 Å². The van der Waals surface area contributed by atoms with Gasteiger partial charge in [-0.25, -0.2) is 0 Å². The maximum absolute atomic E-state index is 11.3. The van der Waals surface area contributed by atoms with E-state index in [-0.39, 0.29) is 18.0 Å². The molecular formula is C9H15N3O2. The van der Waals surface area contributed by atoms with Crippen LogP contribution in [0.15, 0.2) is 17.0 Å². The quantitative estimate of drug-likeness (QED) is 0.758. The molecule has 0 unspecified atom stereocenters. The topological polar surface area (TPSA) is 67.2 Å². The number of amides is 1. The number of carbonyl (C=O) groups is 1. The van der Waals surface area contributed by atoms with Gasteiger partial charge >= 0.3 is 0 Å². The second kappa shape index (κ2) is 4.23. The summed E-state index contributed by atoms with van der Waals surface area (Å²) >= 11 is 0. The van der Waals surface area contributed by atoms with Crippen molar-refractivity contribution >= 4 is 11.6 Å². The summed E-state index contributed by atoms with van der Waals surface area (Å²) in [6, 6.07) is 0. The number of hydrogen-bond acceptors (Lipinski definition) is 4. The fraction of sp³-hybridized carbons (Fsp3) is 0.556. The molecule has 1 aromatic rings. The lowest BCUT2D eigenvalue weighted by Crippen LogP contribution is -2.41. The van der Waals surface area contributed by atoms with Gasteiger partial charge in [0, 0.05) is 5.54 Å². The van der Waals surface area contributed by atoms with Crippen molar-refractivity contribution in [2.24, 2.45) is 0 Å². The molecule has 1 amide bonds. The van der Waals surface area contributed by atoms with E-state index >= 15 is 0 Å². The van der Waals surface area contributed by atoms with Crippen LogP contribution in [0.3, 0.4) is 0 Å². The Morgan fingerprint density at radius 2 is 2.29 bits per heavy atom. The van der Waals surface area contributed by atoms with Crippen LogP contribution in [-0.4, -0.2) is 23.1 Å². The molecule has 0 atom stereocenters. The second-order valence-electron chi connectivity index (χ2n) is 4.06. The van der Waals surface area contributed by atoms with Gasteiger partial charge in [-0.1, -0.05) is 5.16 Å². The number of rotatable bonds is 3. The third kappa shape index (κ3) is 4.04. The number of nitrogens with zero attached hydrogens (tertiary/aromatic N) is 1. The van der Waals surface area contributed by atoms with Gasteiger partial charge in [0.05, 0.1) is 12.7 Å². The van der Waals surface area contributed by atoms with E-state index in [4.69, 9.17) is 0 Å². The molecule has 2 N–H and O–H groups in total. The highest BCUT2D eigenvalue weighted by molar-refractivity contribution is 5.91. The first-order chi connectivity index (χ1) is 6.47. The smallest absolute Gasteiger partial charge is 0.238 e. The van der Waals surface area contributed by atoms with Crippen LogP contribution in [-0.2, 0) is 4.79 Å². The Morgan fingerprint density at radius 3 is 2.79 bits per heavy atom. The minimum absolute atomic E-state index is 0.0635. The van der Waals surface area contributed by atoms with Crippen molar-refractivity contribution < 1.29 is 9.32 Å². The number of nitrogens with one attached hydrogen (secondary N) is 2.